The van der Waals surface area contributed by atoms with Gasteiger partial charge in [0.1, 0.15) is 0 Å². The third-order valence-corrected chi connectivity index (χ3v) is 5.49. The molecular formula is C21H24ClN5. The molecule has 140 valence electrons. The van der Waals surface area contributed by atoms with Crippen molar-refractivity contribution in [3.05, 3.63) is 64.7 Å². The van der Waals surface area contributed by atoms with E-state index in [2.05, 4.69) is 51.5 Å². The van der Waals surface area contributed by atoms with Gasteiger partial charge >= 0.3 is 0 Å². The zero-order valence-corrected chi connectivity index (χ0v) is 16.3. The summed E-state index contributed by atoms with van der Waals surface area (Å²) in [6, 6.07) is 17.0. The van der Waals surface area contributed by atoms with Crippen LogP contribution >= 0.6 is 11.6 Å². The van der Waals surface area contributed by atoms with Gasteiger partial charge in [0.2, 0.25) is 5.82 Å². The zero-order valence-electron chi connectivity index (χ0n) is 15.6. The third-order valence-electron chi connectivity index (χ3n) is 5.16. The van der Waals surface area contributed by atoms with Crippen molar-refractivity contribution < 1.29 is 0 Å². The van der Waals surface area contributed by atoms with E-state index < -0.39 is 0 Å². The van der Waals surface area contributed by atoms with Crippen molar-refractivity contribution in [2.24, 2.45) is 0 Å². The van der Waals surface area contributed by atoms with Crippen LogP contribution in [0, 0.1) is 6.92 Å². The number of hydrogen-bond donors (Lipinski definition) is 0. The van der Waals surface area contributed by atoms with Gasteiger partial charge in [0, 0.05) is 18.2 Å². The van der Waals surface area contributed by atoms with Crippen molar-refractivity contribution in [1.82, 2.24) is 25.1 Å². The summed E-state index contributed by atoms with van der Waals surface area (Å²) in [5.74, 6) is 0.583. The Hall–Kier alpha value is -2.24. The second kappa shape index (κ2) is 8.19. The molecule has 0 N–H and O–H groups in total. The predicted octanol–water partition coefficient (Wildman–Crippen LogP) is 4.53. The maximum atomic E-state index is 6.22. The highest BCUT2D eigenvalue weighted by Crippen LogP contribution is 2.32. The van der Waals surface area contributed by atoms with Crippen LogP contribution in [0.15, 0.2) is 48.5 Å². The van der Waals surface area contributed by atoms with Gasteiger partial charge in [-0.2, -0.15) is 4.80 Å². The maximum Gasteiger partial charge on any atom is 0.206 e. The fraction of sp³-hybridized carbons (Fsp3) is 0.381. The highest BCUT2D eigenvalue weighted by Gasteiger charge is 2.25. The Morgan fingerprint density at radius 2 is 2.00 bits per heavy atom. The topological polar surface area (TPSA) is 46.8 Å². The van der Waals surface area contributed by atoms with Crippen LogP contribution in [-0.4, -0.2) is 38.2 Å². The van der Waals surface area contributed by atoms with Crippen LogP contribution in [0.2, 0.25) is 5.02 Å². The van der Waals surface area contributed by atoms with E-state index in [4.69, 9.17) is 11.6 Å². The van der Waals surface area contributed by atoms with Crippen LogP contribution in [-0.2, 0) is 6.54 Å². The largest absolute Gasteiger partial charge is 0.296 e. The quantitative estimate of drug-likeness (QED) is 0.629. The fourth-order valence-corrected chi connectivity index (χ4v) is 4.07. The highest BCUT2D eigenvalue weighted by molar-refractivity contribution is 6.33. The van der Waals surface area contributed by atoms with Gasteiger partial charge in [-0.15, -0.1) is 10.2 Å². The lowest BCUT2D eigenvalue weighted by Crippen LogP contribution is -2.25. The number of aryl methyl sites for hydroxylation is 2. The molecule has 0 bridgehead atoms. The summed E-state index contributed by atoms with van der Waals surface area (Å²) in [7, 11) is 0. The third kappa shape index (κ3) is 4.20. The smallest absolute Gasteiger partial charge is 0.206 e. The van der Waals surface area contributed by atoms with E-state index in [1.54, 1.807) is 4.80 Å². The molecule has 6 heteroatoms. The van der Waals surface area contributed by atoms with Crippen molar-refractivity contribution in [3.63, 3.8) is 0 Å². The molecule has 0 spiro atoms. The van der Waals surface area contributed by atoms with Gasteiger partial charge in [0.25, 0.3) is 0 Å². The molecule has 5 nitrogen and oxygen atoms in total. The van der Waals surface area contributed by atoms with Crippen LogP contribution in [0.25, 0.3) is 11.4 Å². The normalized spacial score (nSPS) is 17.5. The SMILES string of the molecule is Cc1cccc(C2CCCN2CCCn2nnc(-c3ccccc3Cl)n2)c1. The molecule has 2 aromatic carbocycles. The number of rotatable bonds is 6. The number of benzene rings is 2. The molecule has 2 heterocycles. The van der Waals surface area contributed by atoms with Crippen molar-refractivity contribution in [1.29, 1.82) is 0 Å². The summed E-state index contributed by atoms with van der Waals surface area (Å²) in [5.41, 5.74) is 3.59. The summed E-state index contributed by atoms with van der Waals surface area (Å²) in [6.45, 7) is 5.13. The molecule has 0 radical (unpaired) electrons. The second-order valence-electron chi connectivity index (χ2n) is 7.15. The Morgan fingerprint density at radius 3 is 2.85 bits per heavy atom. The molecule has 1 atom stereocenters. The minimum absolute atomic E-state index is 0.535. The van der Waals surface area contributed by atoms with E-state index in [0.29, 0.717) is 16.9 Å². The monoisotopic (exact) mass is 381 g/mol. The van der Waals surface area contributed by atoms with E-state index in [0.717, 1.165) is 31.6 Å². The number of tetrazole rings is 1. The summed E-state index contributed by atoms with van der Waals surface area (Å²) in [4.78, 5) is 4.26. The zero-order chi connectivity index (χ0) is 18.6. The lowest BCUT2D eigenvalue weighted by Gasteiger charge is -2.25. The molecular weight excluding hydrogens is 358 g/mol. The van der Waals surface area contributed by atoms with Crippen LogP contribution in [0.1, 0.15) is 36.4 Å². The minimum atomic E-state index is 0.535. The molecule has 1 aliphatic heterocycles. The Labute approximate surface area is 165 Å². The molecule has 4 rings (SSSR count). The number of aromatic nitrogens is 4. The maximum absolute atomic E-state index is 6.22. The molecule has 0 saturated carbocycles. The lowest BCUT2D eigenvalue weighted by molar-refractivity contribution is 0.245. The van der Waals surface area contributed by atoms with Gasteiger partial charge in [0.05, 0.1) is 11.6 Å². The Bertz CT molecular complexity index is 907. The van der Waals surface area contributed by atoms with Crippen LogP contribution < -0.4 is 0 Å². The Morgan fingerprint density at radius 1 is 1.11 bits per heavy atom. The van der Waals surface area contributed by atoms with E-state index in [9.17, 15) is 0 Å². The van der Waals surface area contributed by atoms with Gasteiger partial charge in [-0.25, -0.2) is 0 Å². The molecule has 1 fully saturated rings. The summed E-state index contributed by atoms with van der Waals surface area (Å²) in [5, 5.41) is 13.5. The molecule has 3 aromatic rings. The summed E-state index contributed by atoms with van der Waals surface area (Å²) >= 11 is 6.22. The lowest BCUT2D eigenvalue weighted by atomic mass is 10.0. The Kier molecular flexibility index (Phi) is 5.50. The predicted molar refractivity (Wildman–Crippen MR) is 108 cm³/mol. The summed E-state index contributed by atoms with van der Waals surface area (Å²) in [6.07, 6.45) is 3.50. The summed E-state index contributed by atoms with van der Waals surface area (Å²) < 4.78 is 0. The van der Waals surface area contributed by atoms with Crippen molar-refractivity contribution in [2.45, 2.75) is 38.8 Å². The molecule has 1 unspecified atom stereocenters. The van der Waals surface area contributed by atoms with E-state index in [1.165, 1.54) is 24.0 Å². The first-order chi connectivity index (χ1) is 13.2. The van der Waals surface area contributed by atoms with Gasteiger partial charge in [0.15, 0.2) is 0 Å². The molecule has 1 saturated heterocycles. The van der Waals surface area contributed by atoms with Crippen molar-refractivity contribution in [3.8, 4) is 11.4 Å². The van der Waals surface area contributed by atoms with Gasteiger partial charge in [-0.1, -0.05) is 53.6 Å². The average molecular weight is 382 g/mol. The number of likely N-dealkylation sites (tertiary alicyclic amines) is 1. The standard InChI is InChI=1S/C21H24ClN5/c1-16-7-4-8-17(15-16)20-11-5-12-26(20)13-6-14-27-24-21(23-25-27)18-9-2-3-10-19(18)22/h2-4,7-10,15,20H,5-6,11-14H2,1H3. The van der Waals surface area contributed by atoms with Crippen LogP contribution in [0.4, 0.5) is 0 Å². The van der Waals surface area contributed by atoms with E-state index >= 15 is 0 Å². The fourth-order valence-electron chi connectivity index (χ4n) is 3.85. The Balaban J connectivity index is 1.35. The van der Waals surface area contributed by atoms with E-state index in [-0.39, 0.29) is 0 Å². The molecule has 0 aliphatic carbocycles. The second-order valence-corrected chi connectivity index (χ2v) is 7.56. The number of nitrogens with zero attached hydrogens (tertiary/aromatic N) is 5. The first-order valence-electron chi connectivity index (χ1n) is 9.54. The van der Waals surface area contributed by atoms with Gasteiger partial charge < -0.3 is 0 Å². The molecule has 1 aromatic heterocycles. The van der Waals surface area contributed by atoms with Crippen molar-refractivity contribution >= 4 is 11.6 Å². The number of hydrogen-bond acceptors (Lipinski definition) is 4. The van der Waals surface area contributed by atoms with Crippen LogP contribution in [0.5, 0.6) is 0 Å². The molecule has 0 amide bonds. The van der Waals surface area contributed by atoms with Gasteiger partial charge in [-0.05, 0) is 55.6 Å². The highest BCUT2D eigenvalue weighted by atomic mass is 35.5. The molecule has 27 heavy (non-hydrogen) atoms. The first-order valence-corrected chi connectivity index (χ1v) is 9.92. The van der Waals surface area contributed by atoms with E-state index in [1.807, 2.05) is 24.3 Å². The van der Waals surface area contributed by atoms with Gasteiger partial charge in [-0.3, -0.25) is 4.90 Å². The van der Waals surface area contributed by atoms with Crippen molar-refractivity contribution in [2.75, 3.05) is 13.1 Å². The first kappa shape index (κ1) is 18.1. The van der Waals surface area contributed by atoms with Crippen LogP contribution in [0.3, 0.4) is 0 Å². The number of halogens is 1. The molecule has 1 aliphatic rings. The minimum Gasteiger partial charge on any atom is -0.296 e. The average Bonchev–Trinajstić information content (AvgIpc) is 3.32.